The number of esters is 1. The van der Waals surface area contributed by atoms with Gasteiger partial charge in [-0.3, -0.25) is 4.79 Å². The molecule has 2 rings (SSSR count). The molecular weight excluding hydrogens is 272 g/mol. The highest BCUT2D eigenvalue weighted by molar-refractivity contribution is 5.75. The van der Waals surface area contributed by atoms with E-state index >= 15 is 0 Å². The van der Waals surface area contributed by atoms with Gasteiger partial charge in [-0.2, -0.15) is 0 Å². The number of hydrogen-bond acceptors (Lipinski definition) is 2. The van der Waals surface area contributed by atoms with E-state index in [1.54, 1.807) is 0 Å². The van der Waals surface area contributed by atoms with Gasteiger partial charge in [0.25, 0.3) is 0 Å². The number of carbonyl (C=O) groups excluding carboxylic acids is 1. The third-order valence-electron chi connectivity index (χ3n) is 5.05. The lowest BCUT2D eigenvalue weighted by molar-refractivity contribution is -0.142. The first-order valence-corrected chi connectivity index (χ1v) is 8.46. The smallest absolute Gasteiger partial charge is 0.308 e. The Morgan fingerprint density at radius 2 is 2.05 bits per heavy atom. The fourth-order valence-corrected chi connectivity index (χ4v) is 3.55. The van der Waals surface area contributed by atoms with Crippen molar-refractivity contribution in [2.45, 2.75) is 65.2 Å². The van der Waals surface area contributed by atoms with Crippen molar-refractivity contribution in [3.8, 4) is 0 Å². The Bertz CT molecular complexity index is 539. The number of aryl methyl sites for hydroxylation is 1. The van der Waals surface area contributed by atoms with Gasteiger partial charge in [-0.1, -0.05) is 45.9 Å². The average molecular weight is 302 g/mol. The molecule has 1 aromatic carbocycles. The molecular formula is C20H30O2. The first-order chi connectivity index (χ1) is 10.3. The van der Waals surface area contributed by atoms with Crippen molar-refractivity contribution < 1.29 is 9.53 Å². The first-order valence-electron chi connectivity index (χ1n) is 8.46. The Hall–Kier alpha value is -1.31. The molecule has 0 aliphatic heterocycles. The lowest BCUT2D eigenvalue weighted by atomic mass is 9.80. The molecule has 1 aliphatic carbocycles. The molecule has 0 spiro atoms. The zero-order valence-electron chi connectivity index (χ0n) is 14.9. The second-order valence-electron chi connectivity index (χ2n) is 7.79. The van der Waals surface area contributed by atoms with Crippen molar-refractivity contribution >= 4 is 5.97 Å². The highest BCUT2D eigenvalue weighted by Gasteiger charge is 2.44. The van der Waals surface area contributed by atoms with Crippen LogP contribution in [0.1, 0.15) is 69.6 Å². The van der Waals surface area contributed by atoms with Gasteiger partial charge in [-0.05, 0) is 60.1 Å². The number of methoxy groups -OCH3 is 1. The predicted molar refractivity (Wildman–Crippen MR) is 91.1 cm³/mol. The quantitative estimate of drug-likeness (QED) is 0.717. The van der Waals surface area contributed by atoms with Gasteiger partial charge in [0.2, 0.25) is 0 Å². The minimum atomic E-state index is -0.0286. The number of ether oxygens (including phenoxy) is 1. The normalized spacial score (nSPS) is 22.3. The van der Waals surface area contributed by atoms with Crippen LogP contribution < -0.4 is 0 Å². The molecule has 0 N–H and O–H groups in total. The van der Waals surface area contributed by atoms with Crippen molar-refractivity contribution in [2.24, 2.45) is 11.8 Å². The average Bonchev–Trinajstić information content (AvgIpc) is 3.22. The van der Waals surface area contributed by atoms with Crippen LogP contribution in [-0.2, 0) is 14.9 Å². The molecule has 22 heavy (non-hydrogen) atoms. The maximum atomic E-state index is 11.6. The molecule has 0 bridgehead atoms. The molecule has 3 unspecified atom stereocenters. The van der Waals surface area contributed by atoms with Crippen LogP contribution >= 0.6 is 0 Å². The summed E-state index contributed by atoms with van der Waals surface area (Å²) in [5, 5.41) is 0. The minimum absolute atomic E-state index is 0.0286. The molecule has 2 heteroatoms. The molecule has 122 valence electrons. The Morgan fingerprint density at radius 3 is 2.59 bits per heavy atom. The first kappa shape index (κ1) is 17.1. The van der Waals surface area contributed by atoms with E-state index in [0.717, 1.165) is 19.3 Å². The molecule has 2 nitrogen and oxygen atoms in total. The molecule has 0 heterocycles. The van der Waals surface area contributed by atoms with Gasteiger partial charge < -0.3 is 4.74 Å². The maximum Gasteiger partial charge on any atom is 0.308 e. The fourth-order valence-electron chi connectivity index (χ4n) is 3.55. The second-order valence-corrected chi connectivity index (χ2v) is 7.79. The summed E-state index contributed by atoms with van der Waals surface area (Å²) in [4.78, 5) is 11.6. The summed E-state index contributed by atoms with van der Waals surface area (Å²) in [6.07, 6.45) is 3.22. The molecule has 0 amide bonds. The van der Waals surface area contributed by atoms with Gasteiger partial charge in [0, 0.05) is 0 Å². The van der Waals surface area contributed by atoms with E-state index in [1.807, 2.05) is 0 Å². The van der Waals surface area contributed by atoms with Gasteiger partial charge in [0.1, 0.15) is 0 Å². The van der Waals surface area contributed by atoms with Crippen LogP contribution in [0, 0.1) is 18.8 Å². The summed E-state index contributed by atoms with van der Waals surface area (Å²) in [5.41, 5.74) is 4.40. The van der Waals surface area contributed by atoms with E-state index in [9.17, 15) is 4.79 Å². The minimum Gasteiger partial charge on any atom is -0.469 e. The van der Waals surface area contributed by atoms with Gasteiger partial charge in [0.15, 0.2) is 0 Å². The van der Waals surface area contributed by atoms with Crippen molar-refractivity contribution in [3.05, 3.63) is 34.9 Å². The topological polar surface area (TPSA) is 26.3 Å². The molecule has 0 aromatic heterocycles. The lowest BCUT2D eigenvalue weighted by Gasteiger charge is -2.25. The van der Waals surface area contributed by atoms with Crippen LogP contribution in [0.15, 0.2) is 18.2 Å². The zero-order chi connectivity index (χ0) is 16.5. The highest BCUT2D eigenvalue weighted by Crippen LogP contribution is 2.46. The highest BCUT2D eigenvalue weighted by atomic mass is 16.5. The van der Waals surface area contributed by atoms with Gasteiger partial charge in [-0.25, -0.2) is 0 Å². The van der Waals surface area contributed by atoms with E-state index < -0.39 is 0 Å². The Labute approximate surface area is 135 Å². The number of carbonyl (C=O) groups is 1. The van der Waals surface area contributed by atoms with E-state index in [0.29, 0.717) is 11.8 Å². The second kappa shape index (κ2) is 6.44. The van der Waals surface area contributed by atoms with E-state index in [1.165, 1.54) is 23.8 Å². The lowest BCUT2D eigenvalue weighted by Crippen LogP contribution is -2.14. The van der Waals surface area contributed by atoms with Crippen molar-refractivity contribution in [2.75, 3.05) is 7.11 Å². The molecule has 1 aliphatic rings. The molecule has 1 aromatic rings. The summed E-state index contributed by atoms with van der Waals surface area (Å²) >= 11 is 0. The monoisotopic (exact) mass is 302 g/mol. The number of hydrogen-bond donors (Lipinski definition) is 0. The SMILES string of the molecule is CCC(CC1CC1C(=O)OC)c1ccc(C)c(C(C)(C)C)c1. The van der Waals surface area contributed by atoms with E-state index in [-0.39, 0.29) is 17.3 Å². The summed E-state index contributed by atoms with van der Waals surface area (Å²) in [6, 6.07) is 6.91. The van der Waals surface area contributed by atoms with Gasteiger partial charge >= 0.3 is 5.97 Å². The molecule has 3 atom stereocenters. The van der Waals surface area contributed by atoms with Crippen LogP contribution in [0.2, 0.25) is 0 Å². The predicted octanol–water partition coefficient (Wildman–Crippen LogP) is 4.99. The standard InChI is InChI=1S/C20H30O2/c1-7-14(10-16-11-17(16)19(21)22-6)15-9-8-13(2)18(12-15)20(3,4)5/h8-9,12,14,16-17H,7,10-11H2,1-6H3. The molecule has 1 fully saturated rings. The molecule has 0 radical (unpaired) electrons. The van der Waals surface area contributed by atoms with Crippen molar-refractivity contribution in [1.82, 2.24) is 0 Å². The zero-order valence-corrected chi connectivity index (χ0v) is 14.9. The summed E-state index contributed by atoms with van der Waals surface area (Å²) in [5.74, 6) is 1.17. The maximum absolute atomic E-state index is 11.6. The number of benzene rings is 1. The van der Waals surface area contributed by atoms with Crippen LogP contribution in [0.4, 0.5) is 0 Å². The van der Waals surface area contributed by atoms with Crippen LogP contribution in [-0.4, -0.2) is 13.1 Å². The summed E-state index contributed by atoms with van der Waals surface area (Å²) < 4.78 is 4.87. The van der Waals surface area contributed by atoms with E-state index in [4.69, 9.17) is 4.74 Å². The summed E-state index contributed by atoms with van der Waals surface area (Å²) in [6.45, 7) is 11.3. The van der Waals surface area contributed by atoms with Crippen LogP contribution in [0.5, 0.6) is 0 Å². The van der Waals surface area contributed by atoms with Gasteiger partial charge in [0.05, 0.1) is 13.0 Å². The third kappa shape index (κ3) is 3.71. The Kier molecular flexibility index (Phi) is 4.99. The Balaban J connectivity index is 2.14. The Morgan fingerprint density at radius 1 is 1.36 bits per heavy atom. The van der Waals surface area contributed by atoms with Gasteiger partial charge in [-0.15, -0.1) is 0 Å². The fraction of sp³-hybridized carbons (Fsp3) is 0.650. The summed E-state index contributed by atoms with van der Waals surface area (Å²) in [7, 11) is 1.49. The van der Waals surface area contributed by atoms with Crippen molar-refractivity contribution in [1.29, 1.82) is 0 Å². The third-order valence-corrected chi connectivity index (χ3v) is 5.05. The largest absolute Gasteiger partial charge is 0.469 e. The molecule has 1 saturated carbocycles. The van der Waals surface area contributed by atoms with Crippen molar-refractivity contribution in [3.63, 3.8) is 0 Å². The molecule has 0 saturated heterocycles. The number of rotatable bonds is 5. The van der Waals surface area contributed by atoms with Crippen LogP contribution in [0.3, 0.4) is 0 Å². The van der Waals surface area contributed by atoms with Crippen LogP contribution in [0.25, 0.3) is 0 Å². The van der Waals surface area contributed by atoms with E-state index in [2.05, 4.69) is 52.8 Å².